The molecule has 1 N–H and O–H groups in total. The van der Waals surface area contributed by atoms with Gasteiger partial charge in [-0.1, -0.05) is 0 Å². The van der Waals surface area contributed by atoms with Crippen LogP contribution >= 0.6 is 11.3 Å². The summed E-state index contributed by atoms with van der Waals surface area (Å²) in [5.74, 6) is 0.629. The van der Waals surface area contributed by atoms with E-state index in [-0.39, 0.29) is 5.54 Å². The molecule has 2 heterocycles. The lowest BCUT2D eigenvalue weighted by molar-refractivity contribution is 0.600. The summed E-state index contributed by atoms with van der Waals surface area (Å²) in [4.78, 5) is 12.4. The fourth-order valence-corrected chi connectivity index (χ4v) is 2.07. The first-order chi connectivity index (χ1) is 8.12. The maximum Gasteiger partial charge on any atom is 0.158 e. The molecule has 6 heteroatoms. The van der Waals surface area contributed by atoms with Crippen molar-refractivity contribution in [2.75, 3.05) is 5.32 Å². The highest BCUT2D eigenvalue weighted by atomic mass is 32.1. The zero-order valence-corrected chi connectivity index (χ0v) is 10.3. The minimum atomic E-state index is -0.309. The minimum Gasteiger partial charge on any atom is -0.357 e. The van der Waals surface area contributed by atoms with E-state index in [1.54, 1.807) is 23.7 Å². The van der Waals surface area contributed by atoms with Gasteiger partial charge in [0.2, 0.25) is 0 Å². The highest BCUT2D eigenvalue weighted by Gasteiger charge is 2.23. The molecular formula is C11H11N5S. The van der Waals surface area contributed by atoms with Crippen LogP contribution in [0.2, 0.25) is 0 Å². The fourth-order valence-electron chi connectivity index (χ4n) is 1.36. The van der Waals surface area contributed by atoms with Gasteiger partial charge in [-0.05, 0) is 13.8 Å². The highest BCUT2D eigenvalue weighted by Crippen LogP contribution is 2.25. The lowest BCUT2D eigenvalue weighted by Crippen LogP contribution is -2.28. The predicted octanol–water partition coefficient (Wildman–Crippen LogP) is 2.15. The van der Waals surface area contributed by atoms with Gasteiger partial charge in [0.15, 0.2) is 5.69 Å². The van der Waals surface area contributed by atoms with Crippen LogP contribution in [0.4, 0.5) is 5.82 Å². The number of anilines is 1. The largest absolute Gasteiger partial charge is 0.357 e. The maximum absolute atomic E-state index is 8.63. The van der Waals surface area contributed by atoms with E-state index in [1.165, 1.54) is 6.20 Å². The number of nitrogens with one attached hydrogen (secondary N) is 1. The van der Waals surface area contributed by atoms with Gasteiger partial charge in [0.1, 0.15) is 16.9 Å². The van der Waals surface area contributed by atoms with Crippen LogP contribution < -0.4 is 5.32 Å². The molecule has 0 bridgehead atoms. The number of rotatable bonds is 3. The Hall–Kier alpha value is -2.00. The Balaban J connectivity index is 2.18. The van der Waals surface area contributed by atoms with Gasteiger partial charge in [-0.15, -0.1) is 11.3 Å². The van der Waals surface area contributed by atoms with Gasteiger partial charge in [0.25, 0.3) is 0 Å². The molecule has 0 aliphatic carbocycles. The fraction of sp³-hybridized carbons (Fsp3) is 0.273. The lowest BCUT2D eigenvalue weighted by atomic mass is 10.1. The third kappa shape index (κ3) is 2.57. The first kappa shape index (κ1) is 11.5. The van der Waals surface area contributed by atoms with Gasteiger partial charge in [-0.2, -0.15) is 5.26 Å². The van der Waals surface area contributed by atoms with Crippen molar-refractivity contribution in [3.8, 4) is 6.07 Å². The van der Waals surface area contributed by atoms with Crippen LogP contribution in [0.15, 0.2) is 24.0 Å². The Bertz CT molecular complexity index is 524. The summed E-state index contributed by atoms with van der Waals surface area (Å²) in [7, 11) is 0. The minimum absolute atomic E-state index is 0.308. The number of thiazole rings is 1. The third-order valence-electron chi connectivity index (χ3n) is 2.17. The molecule has 0 spiro atoms. The molecule has 0 atom stereocenters. The van der Waals surface area contributed by atoms with Crippen molar-refractivity contribution in [1.82, 2.24) is 15.0 Å². The van der Waals surface area contributed by atoms with E-state index >= 15 is 0 Å². The highest BCUT2D eigenvalue weighted by molar-refractivity contribution is 7.09. The summed E-state index contributed by atoms with van der Waals surface area (Å²) >= 11 is 1.58. The van der Waals surface area contributed by atoms with Crippen LogP contribution in [0.5, 0.6) is 0 Å². The third-order valence-corrected chi connectivity index (χ3v) is 3.27. The summed E-state index contributed by atoms with van der Waals surface area (Å²) in [6.45, 7) is 4.04. The van der Waals surface area contributed by atoms with Gasteiger partial charge in [0.05, 0.1) is 17.9 Å². The molecular weight excluding hydrogens is 234 g/mol. The van der Waals surface area contributed by atoms with E-state index in [9.17, 15) is 0 Å². The second kappa shape index (κ2) is 4.47. The van der Waals surface area contributed by atoms with Crippen molar-refractivity contribution < 1.29 is 0 Å². The zero-order chi connectivity index (χ0) is 12.3. The normalized spacial score (nSPS) is 10.9. The molecule has 0 saturated heterocycles. The second-order valence-corrected chi connectivity index (χ2v) is 4.88. The molecule has 0 saturated carbocycles. The van der Waals surface area contributed by atoms with Crippen LogP contribution in [-0.2, 0) is 5.54 Å². The number of nitrogens with zero attached hydrogens (tertiary/aromatic N) is 4. The summed E-state index contributed by atoms with van der Waals surface area (Å²) in [6.07, 6.45) is 4.77. The van der Waals surface area contributed by atoms with Gasteiger partial charge in [0, 0.05) is 11.6 Å². The Labute approximate surface area is 103 Å². The Morgan fingerprint density at radius 1 is 1.29 bits per heavy atom. The molecule has 17 heavy (non-hydrogen) atoms. The van der Waals surface area contributed by atoms with E-state index in [0.717, 1.165) is 5.01 Å². The topological polar surface area (TPSA) is 74.5 Å². The summed E-state index contributed by atoms with van der Waals surface area (Å²) in [5.41, 5.74) is -0.000558. The first-order valence-electron chi connectivity index (χ1n) is 5.02. The van der Waals surface area contributed by atoms with Crippen LogP contribution in [0.25, 0.3) is 0 Å². The van der Waals surface area contributed by atoms with E-state index in [0.29, 0.717) is 11.5 Å². The molecule has 5 nitrogen and oxygen atoms in total. The van der Waals surface area contributed by atoms with Crippen molar-refractivity contribution in [2.24, 2.45) is 0 Å². The second-order valence-electron chi connectivity index (χ2n) is 3.99. The average molecular weight is 245 g/mol. The van der Waals surface area contributed by atoms with Crippen LogP contribution in [-0.4, -0.2) is 15.0 Å². The number of nitriles is 1. The average Bonchev–Trinajstić information content (AvgIpc) is 2.84. The molecule has 2 rings (SSSR count). The summed E-state index contributed by atoms with van der Waals surface area (Å²) in [5, 5.41) is 14.8. The Kier molecular flexibility index (Phi) is 3.02. The monoisotopic (exact) mass is 245 g/mol. The molecule has 0 aromatic carbocycles. The standard InChI is InChI=1S/C11H11N5S/c1-11(2,10-13-3-4-17-10)16-9-7-14-8(5-12)6-15-9/h3-4,6-7H,1-2H3,(H,15,16). The molecule has 0 aliphatic rings. The number of aromatic nitrogens is 3. The zero-order valence-electron chi connectivity index (χ0n) is 9.51. The molecule has 86 valence electrons. The molecule has 0 fully saturated rings. The van der Waals surface area contributed by atoms with Crippen molar-refractivity contribution in [3.63, 3.8) is 0 Å². The van der Waals surface area contributed by atoms with Crippen molar-refractivity contribution in [2.45, 2.75) is 19.4 Å². The van der Waals surface area contributed by atoms with Gasteiger partial charge in [-0.3, -0.25) is 0 Å². The smallest absolute Gasteiger partial charge is 0.158 e. The molecule has 0 unspecified atom stereocenters. The Morgan fingerprint density at radius 3 is 2.65 bits per heavy atom. The Morgan fingerprint density at radius 2 is 2.12 bits per heavy atom. The first-order valence-corrected chi connectivity index (χ1v) is 5.90. The molecule has 2 aromatic heterocycles. The van der Waals surface area contributed by atoms with Crippen molar-refractivity contribution in [3.05, 3.63) is 34.7 Å². The molecule has 0 radical (unpaired) electrons. The van der Waals surface area contributed by atoms with E-state index < -0.39 is 0 Å². The predicted molar refractivity (Wildman–Crippen MR) is 65.5 cm³/mol. The number of hydrogen-bond donors (Lipinski definition) is 1. The van der Waals surface area contributed by atoms with E-state index in [1.807, 2.05) is 25.3 Å². The summed E-state index contributed by atoms with van der Waals surface area (Å²) < 4.78 is 0. The summed E-state index contributed by atoms with van der Waals surface area (Å²) in [6, 6.07) is 1.93. The maximum atomic E-state index is 8.63. The van der Waals surface area contributed by atoms with E-state index in [4.69, 9.17) is 5.26 Å². The molecule has 0 aliphatic heterocycles. The lowest BCUT2D eigenvalue weighted by Gasteiger charge is -2.24. The number of hydrogen-bond acceptors (Lipinski definition) is 6. The van der Waals surface area contributed by atoms with Crippen LogP contribution in [0.3, 0.4) is 0 Å². The van der Waals surface area contributed by atoms with Crippen molar-refractivity contribution in [1.29, 1.82) is 5.26 Å². The van der Waals surface area contributed by atoms with Gasteiger partial charge >= 0.3 is 0 Å². The quantitative estimate of drug-likeness (QED) is 0.896. The molecule has 2 aromatic rings. The van der Waals surface area contributed by atoms with Gasteiger partial charge in [-0.25, -0.2) is 15.0 Å². The molecule has 0 amide bonds. The van der Waals surface area contributed by atoms with E-state index in [2.05, 4.69) is 20.3 Å². The van der Waals surface area contributed by atoms with Crippen molar-refractivity contribution >= 4 is 17.2 Å². The van der Waals surface area contributed by atoms with Gasteiger partial charge < -0.3 is 5.32 Å². The van der Waals surface area contributed by atoms with Crippen LogP contribution in [0, 0.1) is 11.3 Å². The SMILES string of the molecule is CC(C)(Nc1cnc(C#N)cn1)c1nccs1. The van der Waals surface area contributed by atoms with Crippen LogP contribution in [0.1, 0.15) is 24.5 Å².